The van der Waals surface area contributed by atoms with Crippen molar-refractivity contribution in [1.29, 1.82) is 0 Å². The quantitative estimate of drug-likeness (QED) is 0.134. The molecular formula is C26H56NO2+. The maximum atomic E-state index is 11.6. The standard InChI is InChI=1S/C26H52O2.H3N/c1-3-5-7-9-10-11-12-13-14-15-16-17-18-19-21-23-25-28-26(27)24-22-20-8-6-4-2;/h3-25H2,1-2H3;1H3/p+1. The highest BCUT2D eigenvalue weighted by Crippen LogP contribution is 2.14. The fraction of sp³-hybridized carbons (Fsp3) is 0.962. The summed E-state index contributed by atoms with van der Waals surface area (Å²) < 4.78 is 5.33. The number of rotatable bonds is 23. The molecule has 0 atom stereocenters. The SMILES string of the molecule is CCCCCCCCCCCCCCCCCCOC(=O)CCCCCCC.[NH4+]. The second-order valence-corrected chi connectivity index (χ2v) is 8.69. The Kier molecular flexibility index (Phi) is 29.0. The molecule has 0 saturated carbocycles. The molecule has 0 saturated heterocycles. The zero-order valence-electron chi connectivity index (χ0n) is 20.6. The van der Waals surface area contributed by atoms with Crippen LogP contribution in [0.15, 0.2) is 0 Å². The lowest BCUT2D eigenvalue weighted by Gasteiger charge is -2.05. The van der Waals surface area contributed by atoms with E-state index in [0.29, 0.717) is 13.0 Å². The van der Waals surface area contributed by atoms with Crippen LogP contribution in [0.25, 0.3) is 0 Å². The summed E-state index contributed by atoms with van der Waals surface area (Å²) >= 11 is 0. The lowest BCUT2D eigenvalue weighted by molar-refractivity contribution is -0.143. The third kappa shape index (κ3) is 27.4. The average molecular weight is 415 g/mol. The van der Waals surface area contributed by atoms with Crippen LogP contribution in [0.1, 0.15) is 155 Å². The first-order valence-corrected chi connectivity index (χ1v) is 13.0. The first-order valence-electron chi connectivity index (χ1n) is 13.0. The highest BCUT2D eigenvalue weighted by atomic mass is 16.5. The van der Waals surface area contributed by atoms with E-state index in [1.54, 1.807) is 0 Å². The number of carbonyl (C=O) groups excluding carboxylic acids is 1. The molecule has 176 valence electrons. The van der Waals surface area contributed by atoms with Gasteiger partial charge in [-0.15, -0.1) is 0 Å². The summed E-state index contributed by atoms with van der Waals surface area (Å²) in [6.07, 6.45) is 28.6. The minimum atomic E-state index is 0. The van der Waals surface area contributed by atoms with Gasteiger partial charge in [-0.25, -0.2) is 0 Å². The highest BCUT2D eigenvalue weighted by molar-refractivity contribution is 5.69. The van der Waals surface area contributed by atoms with Crippen LogP contribution in [0.4, 0.5) is 0 Å². The Morgan fingerprint density at radius 2 is 0.793 bits per heavy atom. The van der Waals surface area contributed by atoms with E-state index in [9.17, 15) is 4.79 Å². The molecule has 0 radical (unpaired) electrons. The van der Waals surface area contributed by atoms with Gasteiger partial charge < -0.3 is 10.9 Å². The van der Waals surface area contributed by atoms with Crippen molar-refractivity contribution in [2.75, 3.05) is 6.61 Å². The number of unbranched alkanes of at least 4 members (excludes halogenated alkanes) is 19. The van der Waals surface area contributed by atoms with Crippen molar-refractivity contribution in [3.05, 3.63) is 0 Å². The van der Waals surface area contributed by atoms with Crippen LogP contribution in [0.2, 0.25) is 0 Å². The molecule has 0 aliphatic carbocycles. The van der Waals surface area contributed by atoms with Gasteiger partial charge in [-0.1, -0.05) is 136 Å². The highest BCUT2D eigenvalue weighted by Gasteiger charge is 2.02. The molecule has 0 heterocycles. The van der Waals surface area contributed by atoms with Crippen LogP contribution in [0.5, 0.6) is 0 Å². The van der Waals surface area contributed by atoms with E-state index in [4.69, 9.17) is 4.74 Å². The maximum Gasteiger partial charge on any atom is 0.305 e. The predicted molar refractivity (Wildman–Crippen MR) is 130 cm³/mol. The number of hydrogen-bond acceptors (Lipinski definition) is 2. The second kappa shape index (κ2) is 27.4. The second-order valence-electron chi connectivity index (χ2n) is 8.69. The minimum absolute atomic E-state index is 0. The summed E-state index contributed by atoms with van der Waals surface area (Å²) in [4.78, 5) is 11.6. The van der Waals surface area contributed by atoms with Crippen molar-refractivity contribution in [3.63, 3.8) is 0 Å². The van der Waals surface area contributed by atoms with Gasteiger partial charge in [0.2, 0.25) is 0 Å². The maximum absolute atomic E-state index is 11.6. The summed E-state index contributed by atoms with van der Waals surface area (Å²) in [6.45, 7) is 5.13. The Labute approximate surface area is 183 Å². The molecule has 0 unspecified atom stereocenters. The van der Waals surface area contributed by atoms with Crippen molar-refractivity contribution >= 4 is 5.97 Å². The average Bonchev–Trinajstić information content (AvgIpc) is 2.70. The molecule has 0 spiro atoms. The molecule has 3 nitrogen and oxygen atoms in total. The smallest absolute Gasteiger partial charge is 0.305 e. The lowest BCUT2D eigenvalue weighted by Crippen LogP contribution is -2.05. The van der Waals surface area contributed by atoms with Crippen LogP contribution in [0.3, 0.4) is 0 Å². The van der Waals surface area contributed by atoms with Gasteiger partial charge in [-0.05, 0) is 12.8 Å². The van der Waals surface area contributed by atoms with Gasteiger partial charge in [0.1, 0.15) is 0 Å². The molecule has 0 rings (SSSR count). The third-order valence-corrected chi connectivity index (χ3v) is 5.75. The number of hydrogen-bond donors (Lipinski definition) is 1. The van der Waals surface area contributed by atoms with Crippen LogP contribution in [-0.2, 0) is 9.53 Å². The van der Waals surface area contributed by atoms with Gasteiger partial charge >= 0.3 is 5.97 Å². The summed E-state index contributed by atoms with van der Waals surface area (Å²) in [5.74, 6) is 0.0115. The fourth-order valence-electron chi connectivity index (χ4n) is 3.78. The minimum Gasteiger partial charge on any atom is -0.466 e. The molecule has 0 bridgehead atoms. The van der Waals surface area contributed by atoms with E-state index >= 15 is 0 Å². The monoisotopic (exact) mass is 414 g/mol. The first kappa shape index (κ1) is 30.6. The van der Waals surface area contributed by atoms with E-state index in [2.05, 4.69) is 13.8 Å². The summed E-state index contributed by atoms with van der Waals surface area (Å²) in [7, 11) is 0. The fourth-order valence-corrected chi connectivity index (χ4v) is 3.78. The van der Waals surface area contributed by atoms with Gasteiger partial charge in [0.05, 0.1) is 6.61 Å². The Balaban J connectivity index is 0. The molecular weight excluding hydrogens is 358 g/mol. The largest absolute Gasteiger partial charge is 0.466 e. The summed E-state index contributed by atoms with van der Waals surface area (Å²) in [5.41, 5.74) is 0. The van der Waals surface area contributed by atoms with Gasteiger partial charge in [0.15, 0.2) is 0 Å². The van der Waals surface area contributed by atoms with Crippen LogP contribution < -0.4 is 6.15 Å². The van der Waals surface area contributed by atoms with Crippen LogP contribution in [0, 0.1) is 0 Å². The molecule has 0 fully saturated rings. The van der Waals surface area contributed by atoms with E-state index in [1.807, 2.05) is 0 Å². The van der Waals surface area contributed by atoms with Gasteiger partial charge in [0, 0.05) is 6.42 Å². The van der Waals surface area contributed by atoms with E-state index < -0.39 is 0 Å². The molecule has 29 heavy (non-hydrogen) atoms. The molecule has 3 heteroatoms. The lowest BCUT2D eigenvalue weighted by atomic mass is 10.0. The molecule has 0 aliphatic heterocycles. The van der Waals surface area contributed by atoms with Gasteiger partial charge in [0.25, 0.3) is 0 Å². The Hall–Kier alpha value is -0.570. The van der Waals surface area contributed by atoms with E-state index in [-0.39, 0.29) is 12.1 Å². The van der Waals surface area contributed by atoms with E-state index in [1.165, 1.54) is 122 Å². The number of quaternary nitrogens is 1. The molecule has 4 N–H and O–H groups in total. The predicted octanol–water partition coefficient (Wildman–Crippen LogP) is 9.53. The first-order chi connectivity index (χ1) is 13.8. The molecule has 0 aromatic heterocycles. The Bertz CT molecular complexity index is 307. The zero-order chi connectivity index (χ0) is 20.5. The van der Waals surface area contributed by atoms with Crippen molar-refractivity contribution in [1.82, 2.24) is 6.15 Å². The zero-order valence-corrected chi connectivity index (χ0v) is 20.6. The molecule has 0 aliphatic rings. The topological polar surface area (TPSA) is 62.8 Å². The molecule has 0 amide bonds. The summed E-state index contributed by atoms with van der Waals surface area (Å²) in [5, 5.41) is 0. The Morgan fingerprint density at radius 1 is 0.483 bits per heavy atom. The van der Waals surface area contributed by atoms with Crippen LogP contribution in [-0.4, -0.2) is 12.6 Å². The molecule has 0 aromatic carbocycles. The number of ether oxygens (including phenoxy) is 1. The van der Waals surface area contributed by atoms with Crippen LogP contribution >= 0.6 is 0 Å². The van der Waals surface area contributed by atoms with Crippen molar-refractivity contribution < 1.29 is 9.53 Å². The van der Waals surface area contributed by atoms with Gasteiger partial charge in [-0.2, -0.15) is 0 Å². The third-order valence-electron chi connectivity index (χ3n) is 5.75. The Morgan fingerprint density at radius 3 is 1.17 bits per heavy atom. The van der Waals surface area contributed by atoms with Gasteiger partial charge in [-0.3, -0.25) is 4.79 Å². The van der Waals surface area contributed by atoms with Crippen molar-refractivity contribution in [3.8, 4) is 0 Å². The van der Waals surface area contributed by atoms with Crippen molar-refractivity contribution in [2.24, 2.45) is 0 Å². The number of esters is 1. The molecule has 0 aromatic rings. The number of carbonyl (C=O) groups is 1. The summed E-state index contributed by atoms with van der Waals surface area (Å²) in [6, 6.07) is 0. The normalized spacial score (nSPS) is 10.7. The van der Waals surface area contributed by atoms with Crippen molar-refractivity contribution in [2.45, 2.75) is 155 Å². The van der Waals surface area contributed by atoms with E-state index in [0.717, 1.165) is 12.8 Å².